The lowest BCUT2D eigenvalue weighted by atomic mass is 10.1. The molecule has 2 rings (SSSR count). The molecule has 2 heterocycles. The van der Waals surface area contributed by atoms with Crippen molar-refractivity contribution in [1.82, 2.24) is 4.98 Å². The summed E-state index contributed by atoms with van der Waals surface area (Å²) in [6.07, 6.45) is 4.48. The molecule has 1 unspecified atom stereocenters. The monoisotopic (exact) mass is 296 g/mol. The summed E-state index contributed by atoms with van der Waals surface area (Å²) in [5.74, 6) is 0. The van der Waals surface area contributed by atoms with Gasteiger partial charge in [-0.1, -0.05) is 6.07 Å². The Hall–Kier alpha value is -0.710. The van der Waals surface area contributed by atoms with Gasteiger partial charge in [0.2, 0.25) is 0 Å². The summed E-state index contributed by atoms with van der Waals surface area (Å²) in [5, 5.41) is 0. The van der Waals surface area contributed by atoms with Gasteiger partial charge in [0.15, 0.2) is 0 Å². The Morgan fingerprint density at radius 3 is 2.94 bits per heavy atom. The molecule has 0 aliphatic carbocycles. The third kappa shape index (κ3) is 2.70. The van der Waals surface area contributed by atoms with Gasteiger partial charge >= 0.3 is 0 Å². The van der Waals surface area contributed by atoms with Crippen LogP contribution in [0.3, 0.4) is 0 Å². The molecule has 0 amide bonds. The van der Waals surface area contributed by atoms with Gasteiger partial charge in [0.1, 0.15) is 0 Å². The summed E-state index contributed by atoms with van der Waals surface area (Å²) in [6.45, 7) is 2.08. The molecule has 0 radical (unpaired) electrons. The number of nitrogens with two attached hydrogens (primary N) is 1. The molecule has 0 bridgehead atoms. The van der Waals surface area contributed by atoms with Crippen LogP contribution in [0.4, 0.5) is 0 Å². The summed E-state index contributed by atoms with van der Waals surface area (Å²) in [5.41, 5.74) is 8.60. The van der Waals surface area contributed by atoms with E-state index < -0.39 is 0 Å². The third-order valence-corrected chi connectivity index (χ3v) is 4.69. The van der Waals surface area contributed by atoms with Gasteiger partial charge in [0.05, 0.1) is 3.79 Å². The molecule has 1 atom stereocenters. The van der Waals surface area contributed by atoms with E-state index in [2.05, 4.69) is 40.0 Å². The minimum absolute atomic E-state index is 0.0548. The first kappa shape index (κ1) is 11.8. The van der Waals surface area contributed by atoms with Crippen LogP contribution in [0.5, 0.6) is 0 Å². The molecule has 2 aromatic heterocycles. The first-order valence-electron chi connectivity index (χ1n) is 5.07. The Balaban J connectivity index is 2.11. The molecule has 0 fully saturated rings. The quantitative estimate of drug-likeness (QED) is 0.942. The van der Waals surface area contributed by atoms with E-state index in [1.165, 1.54) is 19.8 Å². The predicted molar refractivity (Wildman–Crippen MR) is 71.6 cm³/mol. The van der Waals surface area contributed by atoms with Gasteiger partial charge in [-0.2, -0.15) is 0 Å². The molecular formula is C12H13BrN2S. The highest BCUT2D eigenvalue weighted by Gasteiger charge is 2.11. The number of hydrogen-bond acceptors (Lipinski definition) is 3. The van der Waals surface area contributed by atoms with Gasteiger partial charge in [-0.3, -0.25) is 4.98 Å². The van der Waals surface area contributed by atoms with Gasteiger partial charge in [0.25, 0.3) is 0 Å². The van der Waals surface area contributed by atoms with E-state index in [0.717, 1.165) is 6.42 Å². The van der Waals surface area contributed by atoms with E-state index in [-0.39, 0.29) is 6.04 Å². The number of aromatic nitrogens is 1. The number of hydrogen-bond donors (Lipinski definition) is 1. The zero-order valence-electron chi connectivity index (χ0n) is 8.98. The maximum atomic E-state index is 6.17. The summed E-state index contributed by atoms with van der Waals surface area (Å²) in [6, 6.07) is 6.20. The topological polar surface area (TPSA) is 38.9 Å². The Kier molecular flexibility index (Phi) is 3.74. The fraction of sp³-hybridized carbons (Fsp3) is 0.250. The second-order valence-corrected chi connectivity index (χ2v) is 6.18. The van der Waals surface area contributed by atoms with Gasteiger partial charge in [-0.15, -0.1) is 11.3 Å². The first-order chi connectivity index (χ1) is 7.66. The maximum Gasteiger partial charge on any atom is 0.0731 e. The van der Waals surface area contributed by atoms with Crippen LogP contribution in [0.25, 0.3) is 0 Å². The largest absolute Gasteiger partial charge is 0.323 e. The Morgan fingerprint density at radius 2 is 2.38 bits per heavy atom. The molecule has 2 nitrogen and oxygen atoms in total. The highest BCUT2D eigenvalue weighted by atomic mass is 79.9. The lowest BCUT2D eigenvalue weighted by Crippen LogP contribution is -2.11. The molecule has 84 valence electrons. The van der Waals surface area contributed by atoms with E-state index in [1.54, 1.807) is 17.5 Å². The van der Waals surface area contributed by atoms with Crippen LogP contribution in [-0.4, -0.2) is 4.98 Å². The van der Waals surface area contributed by atoms with Crippen molar-refractivity contribution in [3.63, 3.8) is 0 Å². The summed E-state index contributed by atoms with van der Waals surface area (Å²) < 4.78 is 1.17. The van der Waals surface area contributed by atoms with Crippen LogP contribution >= 0.6 is 27.3 Å². The lowest BCUT2D eigenvalue weighted by Gasteiger charge is -2.08. The van der Waals surface area contributed by atoms with Crippen LogP contribution in [-0.2, 0) is 6.42 Å². The second-order valence-electron chi connectivity index (χ2n) is 3.78. The predicted octanol–water partition coefficient (Wildman–Crippen LogP) is 3.46. The minimum atomic E-state index is 0.0548. The third-order valence-electron chi connectivity index (χ3n) is 2.42. The number of nitrogens with zero attached hydrogens (tertiary/aromatic N) is 1. The van der Waals surface area contributed by atoms with Crippen LogP contribution in [0.15, 0.2) is 34.4 Å². The number of halogens is 1. The number of pyridine rings is 1. The van der Waals surface area contributed by atoms with Crippen LogP contribution in [0.2, 0.25) is 0 Å². The molecule has 0 aromatic carbocycles. The number of rotatable bonds is 3. The van der Waals surface area contributed by atoms with Crippen molar-refractivity contribution in [3.8, 4) is 0 Å². The minimum Gasteiger partial charge on any atom is -0.323 e. The molecule has 2 N–H and O–H groups in total. The fourth-order valence-electron chi connectivity index (χ4n) is 1.54. The molecule has 4 heteroatoms. The van der Waals surface area contributed by atoms with E-state index in [0.29, 0.717) is 0 Å². The van der Waals surface area contributed by atoms with E-state index in [9.17, 15) is 0 Å². The average molecular weight is 297 g/mol. The SMILES string of the molecule is Cc1cc(C(N)Cc2cccnc2)sc1Br. The maximum absolute atomic E-state index is 6.17. The molecule has 0 saturated carbocycles. The van der Waals surface area contributed by atoms with Crippen LogP contribution < -0.4 is 5.73 Å². The average Bonchev–Trinajstić information content (AvgIpc) is 2.61. The van der Waals surface area contributed by atoms with Crippen LogP contribution in [0, 0.1) is 6.92 Å². The molecule has 2 aromatic rings. The summed E-state index contributed by atoms with van der Waals surface area (Å²) >= 11 is 5.23. The van der Waals surface area contributed by atoms with Crippen molar-refractivity contribution in [2.24, 2.45) is 5.73 Å². The fourth-order valence-corrected chi connectivity index (χ4v) is 3.11. The van der Waals surface area contributed by atoms with Crippen molar-refractivity contribution in [2.75, 3.05) is 0 Å². The van der Waals surface area contributed by atoms with Crippen molar-refractivity contribution < 1.29 is 0 Å². The van der Waals surface area contributed by atoms with E-state index in [1.807, 2.05) is 12.3 Å². The zero-order valence-corrected chi connectivity index (χ0v) is 11.4. The van der Waals surface area contributed by atoms with Gasteiger partial charge in [-0.25, -0.2) is 0 Å². The first-order valence-corrected chi connectivity index (χ1v) is 6.68. The van der Waals surface area contributed by atoms with Gasteiger partial charge in [0, 0.05) is 23.3 Å². The van der Waals surface area contributed by atoms with Gasteiger partial charge in [-0.05, 0) is 52.5 Å². The highest BCUT2D eigenvalue weighted by molar-refractivity contribution is 9.11. The van der Waals surface area contributed by atoms with E-state index >= 15 is 0 Å². The van der Waals surface area contributed by atoms with Crippen molar-refractivity contribution in [3.05, 3.63) is 50.4 Å². The smallest absolute Gasteiger partial charge is 0.0731 e. The van der Waals surface area contributed by atoms with Crippen molar-refractivity contribution >= 4 is 27.3 Å². The lowest BCUT2D eigenvalue weighted by molar-refractivity contribution is 0.733. The standard InChI is InChI=1S/C12H13BrN2S/c1-8-5-11(16-12(8)13)10(14)6-9-3-2-4-15-7-9/h2-5,7,10H,6,14H2,1H3. The van der Waals surface area contributed by atoms with E-state index in [4.69, 9.17) is 5.73 Å². The molecule has 0 spiro atoms. The molecular weight excluding hydrogens is 284 g/mol. The Labute approximate surface area is 108 Å². The molecule has 0 aliphatic heterocycles. The van der Waals surface area contributed by atoms with Gasteiger partial charge < -0.3 is 5.73 Å². The second kappa shape index (κ2) is 5.08. The number of thiophene rings is 1. The van der Waals surface area contributed by atoms with Crippen molar-refractivity contribution in [2.45, 2.75) is 19.4 Å². The molecule has 16 heavy (non-hydrogen) atoms. The molecule has 0 aliphatic rings. The Morgan fingerprint density at radius 1 is 1.56 bits per heavy atom. The number of aryl methyl sites for hydroxylation is 1. The summed E-state index contributed by atoms with van der Waals surface area (Å²) in [7, 11) is 0. The highest BCUT2D eigenvalue weighted by Crippen LogP contribution is 2.31. The normalized spacial score (nSPS) is 12.7. The van der Waals surface area contributed by atoms with Crippen molar-refractivity contribution in [1.29, 1.82) is 0 Å². The Bertz CT molecular complexity index is 448. The zero-order chi connectivity index (χ0) is 11.5. The van der Waals surface area contributed by atoms with Crippen LogP contribution in [0.1, 0.15) is 22.0 Å². The molecule has 0 saturated heterocycles. The summed E-state index contributed by atoms with van der Waals surface area (Å²) in [4.78, 5) is 5.31.